The van der Waals surface area contributed by atoms with Gasteiger partial charge in [0.05, 0.1) is 11.4 Å². The second kappa shape index (κ2) is 4.71. The highest BCUT2D eigenvalue weighted by Crippen LogP contribution is 2.19. The highest BCUT2D eigenvalue weighted by Gasteiger charge is 2.04. The molecule has 1 aliphatic carbocycles. The molecule has 0 aliphatic heterocycles. The average Bonchev–Trinajstić information content (AvgIpc) is 2.22. The molecule has 0 radical (unpaired) electrons. The van der Waals surface area contributed by atoms with Crippen LogP contribution in [0.3, 0.4) is 0 Å². The van der Waals surface area contributed by atoms with Crippen LogP contribution in [0.5, 0.6) is 0 Å². The van der Waals surface area contributed by atoms with Crippen LogP contribution in [-0.2, 0) is 0 Å². The summed E-state index contributed by atoms with van der Waals surface area (Å²) in [7, 11) is 0. The molecule has 0 fully saturated rings. The van der Waals surface area contributed by atoms with Crippen LogP contribution in [-0.4, -0.2) is 10.2 Å². The van der Waals surface area contributed by atoms with Crippen molar-refractivity contribution in [3.05, 3.63) is 65.5 Å². The molecule has 0 amide bonds. The third kappa shape index (κ3) is 2.34. The number of aromatic nitrogens is 2. The molecule has 0 unspecified atom stereocenters. The summed E-state index contributed by atoms with van der Waals surface area (Å²) >= 11 is 0. The summed E-state index contributed by atoms with van der Waals surface area (Å²) in [6.07, 6.45) is 14.3. The van der Waals surface area contributed by atoms with Crippen molar-refractivity contribution in [2.45, 2.75) is 13.8 Å². The fourth-order valence-electron chi connectivity index (χ4n) is 1.59. The highest BCUT2D eigenvalue weighted by molar-refractivity contribution is 5.77. The van der Waals surface area contributed by atoms with E-state index < -0.39 is 0 Å². The van der Waals surface area contributed by atoms with Crippen LogP contribution < -0.4 is 0 Å². The van der Waals surface area contributed by atoms with Gasteiger partial charge in [0.15, 0.2) is 0 Å². The van der Waals surface area contributed by atoms with Gasteiger partial charge in [-0.15, -0.1) is 0 Å². The SMILES string of the molecule is Cc1cc(C2=C/C=C\C=C/C=C\2)c(C)nn1. The monoisotopic (exact) mass is 210 g/mol. The zero-order valence-corrected chi connectivity index (χ0v) is 9.51. The molecule has 1 aromatic rings. The van der Waals surface area contributed by atoms with E-state index in [-0.39, 0.29) is 0 Å². The lowest BCUT2D eigenvalue weighted by Gasteiger charge is -2.06. The molecule has 2 heteroatoms. The zero-order chi connectivity index (χ0) is 11.4. The minimum atomic E-state index is 0.941. The van der Waals surface area contributed by atoms with Gasteiger partial charge in [-0.3, -0.25) is 0 Å². The first-order chi connectivity index (χ1) is 7.77. The zero-order valence-electron chi connectivity index (χ0n) is 9.51. The standard InChI is InChI=1S/C14H14N2/c1-11-10-14(12(2)16-15-11)13-8-6-4-3-5-7-9-13/h3-10H,1-2H3/b4-3-,5-3?,6-4?,7-5-,8-6-,9-7?,13-8?,13-9+. The molecule has 1 heterocycles. The lowest BCUT2D eigenvalue weighted by molar-refractivity contribution is 0.934. The maximum atomic E-state index is 4.14. The molecule has 0 spiro atoms. The lowest BCUT2D eigenvalue weighted by atomic mass is 10.0. The van der Waals surface area contributed by atoms with Crippen LogP contribution in [0.15, 0.2) is 48.6 Å². The van der Waals surface area contributed by atoms with Crippen molar-refractivity contribution >= 4 is 5.57 Å². The molecule has 0 atom stereocenters. The molecule has 0 aromatic carbocycles. The first-order valence-corrected chi connectivity index (χ1v) is 5.30. The van der Waals surface area contributed by atoms with Gasteiger partial charge >= 0.3 is 0 Å². The van der Waals surface area contributed by atoms with Crippen molar-refractivity contribution in [1.29, 1.82) is 0 Å². The van der Waals surface area contributed by atoms with Gasteiger partial charge < -0.3 is 0 Å². The number of hydrogen-bond donors (Lipinski definition) is 0. The van der Waals surface area contributed by atoms with E-state index >= 15 is 0 Å². The second-order valence-corrected chi connectivity index (χ2v) is 3.74. The predicted molar refractivity (Wildman–Crippen MR) is 66.9 cm³/mol. The Morgan fingerprint density at radius 2 is 1.62 bits per heavy atom. The van der Waals surface area contributed by atoms with Crippen LogP contribution >= 0.6 is 0 Å². The Labute approximate surface area is 95.7 Å². The summed E-state index contributed by atoms with van der Waals surface area (Å²) in [5.41, 5.74) is 4.20. The van der Waals surface area contributed by atoms with E-state index in [1.807, 2.05) is 44.2 Å². The molecule has 16 heavy (non-hydrogen) atoms. The van der Waals surface area contributed by atoms with Gasteiger partial charge in [-0.05, 0) is 25.5 Å². The Hall–Kier alpha value is -1.96. The third-order valence-corrected chi connectivity index (χ3v) is 2.41. The topological polar surface area (TPSA) is 25.8 Å². The Balaban J connectivity index is 2.47. The number of aryl methyl sites for hydroxylation is 2. The minimum Gasteiger partial charge on any atom is -0.156 e. The van der Waals surface area contributed by atoms with Crippen LogP contribution in [0, 0.1) is 13.8 Å². The van der Waals surface area contributed by atoms with Gasteiger partial charge in [0.1, 0.15) is 0 Å². The van der Waals surface area contributed by atoms with Gasteiger partial charge in [0.25, 0.3) is 0 Å². The molecule has 2 rings (SSSR count). The minimum absolute atomic E-state index is 0.941. The van der Waals surface area contributed by atoms with Crippen molar-refractivity contribution in [3.8, 4) is 0 Å². The van der Waals surface area contributed by atoms with Gasteiger partial charge in [-0.25, -0.2) is 0 Å². The Kier molecular flexibility index (Phi) is 3.10. The van der Waals surface area contributed by atoms with Crippen LogP contribution in [0.1, 0.15) is 17.0 Å². The quantitative estimate of drug-likeness (QED) is 0.711. The summed E-state index contributed by atoms with van der Waals surface area (Å²) in [5.74, 6) is 0. The van der Waals surface area contributed by atoms with E-state index in [0.29, 0.717) is 0 Å². The Morgan fingerprint density at radius 3 is 2.50 bits per heavy atom. The van der Waals surface area contributed by atoms with Crippen molar-refractivity contribution in [2.75, 3.05) is 0 Å². The Morgan fingerprint density at radius 1 is 0.875 bits per heavy atom. The van der Waals surface area contributed by atoms with Crippen molar-refractivity contribution in [2.24, 2.45) is 0 Å². The number of nitrogens with zero attached hydrogens (tertiary/aromatic N) is 2. The molecule has 80 valence electrons. The van der Waals surface area contributed by atoms with Gasteiger partial charge in [0, 0.05) is 5.56 Å². The van der Waals surface area contributed by atoms with E-state index in [1.54, 1.807) is 0 Å². The van der Waals surface area contributed by atoms with Crippen molar-refractivity contribution < 1.29 is 0 Å². The highest BCUT2D eigenvalue weighted by atomic mass is 15.1. The number of rotatable bonds is 1. The molecular formula is C14H14N2. The van der Waals surface area contributed by atoms with Crippen molar-refractivity contribution in [1.82, 2.24) is 10.2 Å². The van der Waals surface area contributed by atoms with Crippen LogP contribution in [0.4, 0.5) is 0 Å². The smallest absolute Gasteiger partial charge is 0.0678 e. The van der Waals surface area contributed by atoms with Gasteiger partial charge in [-0.2, -0.15) is 10.2 Å². The normalized spacial score (nSPS) is 23.8. The molecule has 0 bridgehead atoms. The lowest BCUT2D eigenvalue weighted by Crippen LogP contribution is -1.96. The van der Waals surface area contributed by atoms with E-state index in [2.05, 4.69) is 28.4 Å². The van der Waals surface area contributed by atoms with E-state index in [0.717, 1.165) is 22.5 Å². The van der Waals surface area contributed by atoms with Gasteiger partial charge in [0.2, 0.25) is 0 Å². The van der Waals surface area contributed by atoms with E-state index in [4.69, 9.17) is 0 Å². The predicted octanol–water partition coefficient (Wildman–Crippen LogP) is 3.16. The maximum absolute atomic E-state index is 4.14. The van der Waals surface area contributed by atoms with E-state index in [9.17, 15) is 0 Å². The summed E-state index contributed by atoms with van der Waals surface area (Å²) in [5, 5.41) is 8.18. The largest absolute Gasteiger partial charge is 0.156 e. The van der Waals surface area contributed by atoms with Crippen molar-refractivity contribution in [3.63, 3.8) is 0 Å². The maximum Gasteiger partial charge on any atom is 0.0678 e. The average molecular weight is 210 g/mol. The molecule has 1 aromatic heterocycles. The molecule has 1 aliphatic rings. The molecule has 0 saturated carbocycles. The molecule has 0 N–H and O–H groups in total. The first kappa shape index (κ1) is 10.6. The first-order valence-electron chi connectivity index (χ1n) is 5.30. The second-order valence-electron chi connectivity index (χ2n) is 3.74. The molecular weight excluding hydrogens is 196 g/mol. The Bertz CT molecular complexity index is 505. The summed E-state index contributed by atoms with van der Waals surface area (Å²) in [4.78, 5) is 0. The third-order valence-electron chi connectivity index (χ3n) is 2.41. The summed E-state index contributed by atoms with van der Waals surface area (Å²) in [6.45, 7) is 3.94. The van der Waals surface area contributed by atoms with E-state index in [1.165, 1.54) is 0 Å². The fraction of sp³-hybridized carbons (Fsp3) is 0.143. The molecule has 2 nitrogen and oxygen atoms in total. The number of hydrogen-bond acceptors (Lipinski definition) is 2. The van der Waals surface area contributed by atoms with Crippen LogP contribution in [0.25, 0.3) is 5.57 Å². The molecule has 0 saturated heterocycles. The fourth-order valence-corrected chi connectivity index (χ4v) is 1.59. The number of allylic oxidation sites excluding steroid dienone is 8. The van der Waals surface area contributed by atoms with Crippen LogP contribution in [0.2, 0.25) is 0 Å². The summed E-state index contributed by atoms with van der Waals surface area (Å²) in [6, 6.07) is 2.07. The van der Waals surface area contributed by atoms with Gasteiger partial charge in [-0.1, -0.05) is 42.5 Å². The summed E-state index contributed by atoms with van der Waals surface area (Å²) < 4.78 is 0.